The van der Waals surface area contributed by atoms with E-state index in [0.29, 0.717) is 28.7 Å². The molecular weight excluding hydrogens is 550 g/mol. The summed E-state index contributed by atoms with van der Waals surface area (Å²) >= 11 is 0. The second-order valence-electron chi connectivity index (χ2n) is 8.64. The van der Waals surface area contributed by atoms with E-state index >= 15 is 0 Å². The molecule has 1 aliphatic heterocycles. The predicted octanol–water partition coefficient (Wildman–Crippen LogP) is 5.44. The number of carbonyl (C=O) groups is 1. The van der Waals surface area contributed by atoms with Crippen molar-refractivity contribution in [3.8, 4) is 0 Å². The number of rotatable bonds is 5. The fourth-order valence-electron chi connectivity index (χ4n) is 3.73. The molecule has 0 saturated heterocycles. The Morgan fingerprint density at radius 1 is 1.15 bits per heavy atom. The maximum Gasteiger partial charge on any atom is 0.490 e. The number of alkyl halides is 6. The second kappa shape index (κ2) is 11.8. The van der Waals surface area contributed by atoms with Gasteiger partial charge in [0.2, 0.25) is 0 Å². The highest BCUT2D eigenvalue weighted by molar-refractivity contribution is 5.89. The first-order chi connectivity index (χ1) is 18.6. The lowest BCUT2D eigenvalue weighted by Gasteiger charge is -2.19. The van der Waals surface area contributed by atoms with Gasteiger partial charge in [-0.25, -0.2) is 19.7 Å². The molecule has 0 unspecified atom stereocenters. The summed E-state index contributed by atoms with van der Waals surface area (Å²) in [6, 6.07) is 3.77. The van der Waals surface area contributed by atoms with Gasteiger partial charge in [0.25, 0.3) is 5.69 Å². The van der Waals surface area contributed by atoms with Gasteiger partial charge in [-0.2, -0.15) is 26.3 Å². The number of carboxylic acid groups (broad SMARTS) is 1. The number of nitro benzene ring substituents is 1. The lowest BCUT2D eigenvalue weighted by atomic mass is 10.0. The number of hydrogen-bond donors (Lipinski definition) is 3. The summed E-state index contributed by atoms with van der Waals surface area (Å²) in [5.74, 6) is -1.92. The van der Waals surface area contributed by atoms with Gasteiger partial charge in [0.05, 0.1) is 21.9 Å². The average Bonchev–Trinajstić information content (AvgIpc) is 2.88. The Bertz CT molecular complexity index is 1460. The number of anilines is 1. The van der Waals surface area contributed by atoms with Crippen molar-refractivity contribution in [3.63, 3.8) is 0 Å². The zero-order chi connectivity index (χ0) is 29.8. The predicted molar refractivity (Wildman–Crippen MR) is 131 cm³/mol. The number of nitrogens with one attached hydrogen (secondary N) is 2. The number of aryl methyl sites for hydroxylation is 1. The van der Waals surface area contributed by atoms with Crippen LogP contribution >= 0.6 is 0 Å². The second-order valence-corrected chi connectivity index (χ2v) is 8.64. The van der Waals surface area contributed by atoms with Crippen LogP contribution in [0.15, 0.2) is 36.5 Å². The summed E-state index contributed by atoms with van der Waals surface area (Å²) in [5.41, 5.74) is 0.916. The number of hydrogen-bond acceptors (Lipinski definition) is 8. The van der Waals surface area contributed by atoms with Gasteiger partial charge in [-0.1, -0.05) is 6.08 Å². The van der Waals surface area contributed by atoms with Crippen molar-refractivity contribution in [1.82, 2.24) is 20.3 Å². The van der Waals surface area contributed by atoms with Crippen LogP contribution in [0, 0.1) is 17.0 Å². The fourth-order valence-corrected chi connectivity index (χ4v) is 3.73. The Balaban J connectivity index is 0.000000559. The van der Waals surface area contributed by atoms with Gasteiger partial charge >= 0.3 is 18.3 Å². The van der Waals surface area contributed by atoms with Crippen LogP contribution in [0.1, 0.15) is 41.9 Å². The summed E-state index contributed by atoms with van der Waals surface area (Å²) in [6.07, 6.45) is -5.12. The molecule has 0 amide bonds. The Morgan fingerprint density at radius 3 is 2.38 bits per heavy atom. The van der Waals surface area contributed by atoms with Crippen LogP contribution < -0.4 is 10.6 Å². The summed E-state index contributed by atoms with van der Waals surface area (Å²) in [4.78, 5) is 32.5. The van der Waals surface area contributed by atoms with E-state index in [-0.39, 0.29) is 5.56 Å². The molecule has 4 rings (SSSR count). The number of benzene rings is 1. The first-order valence-corrected chi connectivity index (χ1v) is 11.5. The van der Waals surface area contributed by atoms with Crippen LogP contribution in [0.4, 0.5) is 37.8 Å². The highest BCUT2D eigenvalue weighted by atomic mass is 19.4. The molecule has 0 bridgehead atoms. The third kappa shape index (κ3) is 7.62. The van der Waals surface area contributed by atoms with E-state index in [2.05, 4.69) is 31.7 Å². The Morgan fingerprint density at radius 2 is 1.82 bits per heavy atom. The Labute approximate surface area is 222 Å². The number of pyridine rings is 1. The van der Waals surface area contributed by atoms with Gasteiger partial charge in [0.15, 0.2) is 5.65 Å². The molecule has 0 aliphatic carbocycles. The molecule has 3 heterocycles. The van der Waals surface area contributed by atoms with Gasteiger partial charge in [0, 0.05) is 24.9 Å². The monoisotopic (exact) mass is 572 g/mol. The summed E-state index contributed by atoms with van der Waals surface area (Å²) in [7, 11) is 0. The summed E-state index contributed by atoms with van der Waals surface area (Å²) in [5, 5.41) is 25.3. The third-order valence-electron chi connectivity index (χ3n) is 5.67. The minimum atomic E-state index is -5.08. The van der Waals surface area contributed by atoms with Crippen molar-refractivity contribution < 1.29 is 41.2 Å². The Kier molecular flexibility index (Phi) is 8.92. The molecule has 1 aromatic carbocycles. The number of aliphatic carboxylic acids is 1. The van der Waals surface area contributed by atoms with Crippen LogP contribution in [0.5, 0.6) is 0 Å². The minimum absolute atomic E-state index is 0.117. The largest absolute Gasteiger partial charge is 0.490 e. The molecule has 16 heteroatoms. The van der Waals surface area contributed by atoms with Crippen LogP contribution in [0.2, 0.25) is 0 Å². The molecule has 1 aliphatic rings. The molecule has 214 valence electrons. The molecule has 0 fully saturated rings. The molecule has 40 heavy (non-hydrogen) atoms. The van der Waals surface area contributed by atoms with Crippen molar-refractivity contribution in [3.05, 3.63) is 69.2 Å². The number of non-ortho nitro benzene ring substituents is 1. The molecule has 0 saturated carbocycles. The van der Waals surface area contributed by atoms with Gasteiger partial charge in [-0.05, 0) is 55.6 Å². The first-order valence-electron chi connectivity index (χ1n) is 11.5. The van der Waals surface area contributed by atoms with E-state index in [4.69, 9.17) is 9.90 Å². The lowest BCUT2D eigenvalue weighted by Crippen LogP contribution is -2.21. The minimum Gasteiger partial charge on any atom is -0.475 e. The molecule has 10 nitrogen and oxygen atoms in total. The normalized spacial score (nSPS) is 14.6. The summed E-state index contributed by atoms with van der Waals surface area (Å²) in [6.45, 7) is 4.92. The summed E-state index contributed by atoms with van der Waals surface area (Å²) < 4.78 is 71.6. The molecule has 0 spiro atoms. The van der Waals surface area contributed by atoms with Gasteiger partial charge in [-0.3, -0.25) is 10.1 Å². The van der Waals surface area contributed by atoms with E-state index in [1.54, 1.807) is 20.0 Å². The topological polar surface area (TPSA) is 143 Å². The quantitative estimate of drug-likeness (QED) is 0.207. The lowest BCUT2D eigenvalue weighted by molar-refractivity contribution is -0.385. The van der Waals surface area contributed by atoms with Crippen molar-refractivity contribution in [2.45, 2.75) is 38.7 Å². The van der Waals surface area contributed by atoms with Gasteiger partial charge < -0.3 is 15.7 Å². The molecule has 1 atom stereocenters. The van der Waals surface area contributed by atoms with Crippen LogP contribution in [0.3, 0.4) is 0 Å². The van der Waals surface area contributed by atoms with Crippen molar-refractivity contribution in [2.75, 3.05) is 18.4 Å². The first kappa shape index (κ1) is 30.2. The van der Waals surface area contributed by atoms with Gasteiger partial charge in [-0.15, -0.1) is 0 Å². The standard InChI is InChI=1S/C22H21F3N6O2.C2HF3O2/c1-12(15-7-17(22(23,24)25)10-18(8-15)31(32)33)28-21-19-9-16(14-3-5-26-6-4-14)11-27-20(19)29-13(2)30-21;3-2(4,5)1(6)7/h3,7-12,26H,4-6H2,1-2H3,(H,27,28,29,30);(H,6,7)/t12-;/m1./s1. The molecule has 3 N–H and O–H groups in total. The number of halogens is 6. The maximum atomic E-state index is 13.3. The Hall–Kier alpha value is -4.34. The van der Waals surface area contributed by atoms with Crippen molar-refractivity contribution in [1.29, 1.82) is 0 Å². The zero-order valence-corrected chi connectivity index (χ0v) is 20.9. The molecule has 2 aromatic heterocycles. The molecular formula is C24H22F6N6O4. The van der Waals surface area contributed by atoms with Gasteiger partial charge in [0.1, 0.15) is 11.6 Å². The molecule has 0 radical (unpaired) electrons. The van der Waals surface area contributed by atoms with Crippen LogP contribution in [-0.4, -0.2) is 50.2 Å². The number of fused-ring (bicyclic) bond motifs is 1. The SMILES string of the molecule is Cc1nc(N[C@H](C)c2cc([N+](=O)[O-])cc(C(F)(F)F)c2)c2cc(C3=CCNCC3)cnc2n1.O=C(O)C(F)(F)F. The average molecular weight is 572 g/mol. The number of nitro groups is 1. The molecule has 3 aromatic rings. The third-order valence-corrected chi connectivity index (χ3v) is 5.67. The zero-order valence-electron chi connectivity index (χ0n) is 20.9. The highest BCUT2D eigenvalue weighted by Crippen LogP contribution is 2.35. The van der Waals surface area contributed by atoms with E-state index in [9.17, 15) is 36.5 Å². The van der Waals surface area contributed by atoms with E-state index < -0.39 is 40.5 Å². The number of carboxylic acids is 1. The fraction of sp³-hybridized carbons (Fsp3) is 0.333. The van der Waals surface area contributed by atoms with Crippen molar-refractivity contribution >= 4 is 34.1 Å². The number of aromatic nitrogens is 3. The van der Waals surface area contributed by atoms with E-state index in [0.717, 1.165) is 42.8 Å². The van der Waals surface area contributed by atoms with E-state index in [1.807, 2.05) is 6.07 Å². The van der Waals surface area contributed by atoms with Crippen LogP contribution in [-0.2, 0) is 11.0 Å². The van der Waals surface area contributed by atoms with Crippen LogP contribution in [0.25, 0.3) is 16.6 Å². The maximum absolute atomic E-state index is 13.3. The smallest absolute Gasteiger partial charge is 0.475 e. The highest BCUT2D eigenvalue weighted by Gasteiger charge is 2.38. The van der Waals surface area contributed by atoms with E-state index in [1.165, 1.54) is 0 Å². The van der Waals surface area contributed by atoms with Crippen molar-refractivity contribution in [2.24, 2.45) is 0 Å². The number of nitrogens with zero attached hydrogens (tertiary/aromatic N) is 4.